The van der Waals surface area contributed by atoms with Gasteiger partial charge in [-0.3, -0.25) is 4.79 Å². The van der Waals surface area contributed by atoms with E-state index >= 15 is 0 Å². The number of hydrogen-bond donors (Lipinski definition) is 0. The summed E-state index contributed by atoms with van der Waals surface area (Å²) in [5, 5.41) is 0. The van der Waals surface area contributed by atoms with Crippen molar-refractivity contribution in [1.29, 1.82) is 0 Å². The largest absolute Gasteiger partial charge is 0.454 e. The number of fused-ring (bicyclic) bond motifs is 3. The lowest BCUT2D eigenvalue weighted by molar-refractivity contribution is -0.250. The topological polar surface area (TPSA) is 69.7 Å². The highest BCUT2D eigenvalue weighted by molar-refractivity contribution is 5.99. The minimum atomic E-state index is -0.789. The number of ketones is 1. The van der Waals surface area contributed by atoms with Gasteiger partial charge in [-0.2, -0.15) is 0 Å². The first kappa shape index (κ1) is 26.9. The summed E-state index contributed by atoms with van der Waals surface area (Å²) in [5.74, 6) is -1.33. The number of ether oxygens (including phenoxy) is 2. The van der Waals surface area contributed by atoms with Crippen LogP contribution in [-0.2, 0) is 9.47 Å². The summed E-state index contributed by atoms with van der Waals surface area (Å²) in [6, 6.07) is 27.1. The second-order valence-electron chi connectivity index (χ2n) is 11.7. The zero-order valence-corrected chi connectivity index (χ0v) is 23.0. The van der Waals surface area contributed by atoms with Crippen molar-refractivity contribution in [3.8, 4) is 0 Å². The summed E-state index contributed by atoms with van der Waals surface area (Å²) in [6.45, 7) is 8.38. The molecule has 5 heteroatoms. The summed E-state index contributed by atoms with van der Waals surface area (Å²) < 4.78 is 12.7. The van der Waals surface area contributed by atoms with Crippen LogP contribution in [0.4, 0.5) is 0 Å². The van der Waals surface area contributed by atoms with Gasteiger partial charge >= 0.3 is 11.9 Å². The van der Waals surface area contributed by atoms with E-state index in [9.17, 15) is 14.4 Å². The Morgan fingerprint density at radius 3 is 1.59 bits per heavy atom. The normalized spacial score (nSPS) is 29.6. The Balaban J connectivity index is 1.62. The average Bonchev–Trinajstić information content (AvgIpc) is 2.96. The maximum atomic E-state index is 14.2. The van der Waals surface area contributed by atoms with Gasteiger partial charge in [-0.15, -0.1) is 0 Å². The number of rotatable bonds is 7. The molecule has 3 aliphatic carbocycles. The molecule has 0 amide bonds. The third kappa shape index (κ3) is 4.48. The maximum Gasteiger partial charge on any atom is 0.338 e. The predicted octanol–water partition coefficient (Wildman–Crippen LogP) is 7.03. The SMILES string of the molecule is CC(C)C12CCC(C)(C(OC(=O)c3ccccc3)C1OC(=O)c1ccccc1)C(C(=O)c1ccccc1)C2C. The molecule has 3 aromatic rings. The molecule has 6 rings (SSSR count). The number of carbonyl (C=O) groups is 3. The first-order chi connectivity index (χ1) is 18.7. The molecule has 0 spiro atoms. The van der Waals surface area contributed by atoms with E-state index in [4.69, 9.17) is 9.47 Å². The molecular weight excluding hydrogens is 488 g/mol. The van der Waals surface area contributed by atoms with E-state index in [1.54, 1.807) is 48.5 Å². The first-order valence-corrected chi connectivity index (χ1v) is 13.8. The van der Waals surface area contributed by atoms with Crippen molar-refractivity contribution in [3.63, 3.8) is 0 Å². The molecule has 0 saturated heterocycles. The second kappa shape index (κ2) is 10.4. The zero-order valence-electron chi connectivity index (χ0n) is 23.0. The quantitative estimate of drug-likeness (QED) is 0.245. The Morgan fingerprint density at radius 1 is 0.692 bits per heavy atom. The molecule has 3 fully saturated rings. The molecule has 6 unspecified atom stereocenters. The molecule has 0 aliphatic heterocycles. The highest BCUT2D eigenvalue weighted by Gasteiger charge is 2.71. The number of Topliss-reactive ketones (excluding diaryl/α,β-unsaturated/α-hetero) is 1. The summed E-state index contributed by atoms with van der Waals surface area (Å²) >= 11 is 0. The van der Waals surface area contributed by atoms with Gasteiger partial charge in [0, 0.05) is 22.3 Å². The molecule has 3 aromatic carbocycles. The molecule has 0 radical (unpaired) electrons. The highest BCUT2D eigenvalue weighted by Crippen LogP contribution is 2.67. The smallest absolute Gasteiger partial charge is 0.338 e. The van der Waals surface area contributed by atoms with Gasteiger partial charge in [0.15, 0.2) is 5.78 Å². The van der Waals surface area contributed by atoms with E-state index in [2.05, 4.69) is 20.8 Å². The van der Waals surface area contributed by atoms with E-state index in [1.165, 1.54) is 0 Å². The summed E-state index contributed by atoms with van der Waals surface area (Å²) in [4.78, 5) is 41.1. The number of hydrogen-bond acceptors (Lipinski definition) is 5. The molecular formula is C34H36O5. The first-order valence-electron chi connectivity index (χ1n) is 13.8. The van der Waals surface area contributed by atoms with Gasteiger partial charge in [0.25, 0.3) is 0 Å². The van der Waals surface area contributed by atoms with E-state index in [-0.39, 0.29) is 17.6 Å². The number of esters is 2. The predicted molar refractivity (Wildman–Crippen MR) is 149 cm³/mol. The van der Waals surface area contributed by atoms with Crippen molar-refractivity contribution < 1.29 is 23.9 Å². The van der Waals surface area contributed by atoms with Gasteiger partial charge < -0.3 is 9.47 Å². The molecule has 39 heavy (non-hydrogen) atoms. The van der Waals surface area contributed by atoms with Gasteiger partial charge in [0.1, 0.15) is 12.2 Å². The van der Waals surface area contributed by atoms with E-state index in [0.717, 1.165) is 6.42 Å². The van der Waals surface area contributed by atoms with Crippen LogP contribution < -0.4 is 0 Å². The molecule has 2 bridgehead atoms. The minimum absolute atomic E-state index is 0.0453. The molecule has 0 heterocycles. The number of carbonyl (C=O) groups excluding carboxylic acids is 3. The van der Waals surface area contributed by atoms with E-state index in [1.807, 2.05) is 49.4 Å². The van der Waals surface area contributed by atoms with Crippen LogP contribution >= 0.6 is 0 Å². The van der Waals surface area contributed by atoms with Crippen LogP contribution in [0, 0.1) is 28.6 Å². The van der Waals surface area contributed by atoms with Crippen LogP contribution in [0.25, 0.3) is 0 Å². The van der Waals surface area contributed by atoms with Crippen LogP contribution in [0.3, 0.4) is 0 Å². The van der Waals surface area contributed by atoms with Gasteiger partial charge in [0.2, 0.25) is 0 Å². The average molecular weight is 525 g/mol. The second-order valence-corrected chi connectivity index (χ2v) is 11.7. The van der Waals surface area contributed by atoms with Crippen LogP contribution in [0.5, 0.6) is 0 Å². The zero-order chi connectivity index (χ0) is 27.8. The van der Waals surface area contributed by atoms with Gasteiger partial charge in [-0.25, -0.2) is 9.59 Å². The number of benzene rings is 3. The molecule has 6 atom stereocenters. The Morgan fingerprint density at radius 2 is 1.13 bits per heavy atom. The van der Waals surface area contributed by atoms with Crippen molar-refractivity contribution in [3.05, 3.63) is 108 Å². The maximum absolute atomic E-state index is 14.2. The van der Waals surface area contributed by atoms with Gasteiger partial charge in [-0.1, -0.05) is 94.4 Å². The molecule has 0 aromatic heterocycles. The van der Waals surface area contributed by atoms with Crippen molar-refractivity contribution in [2.75, 3.05) is 0 Å². The summed E-state index contributed by atoms with van der Waals surface area (Å²) in [5.41, 5.74) is 0.232. The highest BCUT2D eigenvalue weighted by atomic mass is 16.6. The van der Waals surface area contributed by atoms with Crippen molar-refractivity contribution in [1.82, 2.24) is 0 Å². The lowest BCUT2D eigenvalue weighted by Gasteiger charge is -2.66. The van der Waals surface area contributed by atoms with Crippen LogP contribution in [0.1, 0.15) is 71.6 Å². The standard InChI is InChI=1S/C34H36O5/c1-22(2)34-21-20-33(4,27(23(34)3)28(35)24-14-8-5-9-15-24)29(38-31(36)25-16-10-6-11-17-25)30(34)39-32(37)26-18-12-7-13-19-26/h5-19,22-23,27,29-30H,20-21H2,1-4H3. The fourth-order valence-corrected chi connectivity index (χ4v) is 7.43. The van der Waals surface area contributed by atoms with Gasteiger partial charge in [-0.05, 0) is 48.9 Å². The fourth-order valence-electron chi connectivity index (χ4n) is 7.43. The van der Waals surface area contributed by atoms with E-state index < -0.39 is 40.9 Å². The van der Waals surface area contributed by atoms with Gasteiger partial charge in [0.05, 0.1) is 11.1 Å². The Bertz CT molecular complexity index is 1340. The van der Waals surface area contributed by atoms with Crippen molar-refractivity contribution in [2.24, 2.45) is 28.6 Å². The van der Waals surface area contributed by atoms with Crippen molar-refractivity contribution >= 4 is 17.7 Å². The molecule has 5 nitrogen and oxygen atoms in total. The van der Waals surface area contributed by atoms with Crippen molar-refractivity contribution in [2.45, 2.75) is 52.7 Å². The lowest BCUT2D eigenvalue weighted by atomic mass is 9.40. The van der Waals surface area contributed by atoms with Crippen LogP contribution in [0.15, 0.2) is 91.0 Å². The Hall–Kier alpha value is -3.73. The fraction of sp³-hybridized carbons (Fsp3) is 0.382. The third-order valence-electron chi connectivity index (χ3n) is 9.51. The summed E-state index contributed by atoms with van der Waals surface area (Å²) in [6.07, 6.45) is -0.0351. The molecule has 3 saturated carbocycles. The third-order valence-corrected chi connectivity index (χ3v) is 9.51. The molecule has 3 aliphatic rings. The Labute approximate surface area is 230 Å². The van der Waals surface area contributed by atoms with E-state index in [0.29, 0.717) is 23.1 Å². The Kier molecular flexibility index (Phi) is 7.19. The molecule has 202 valence electrons. The minimum Gasteiger partial charge on any atom is -0.454 e. The molecule has 0 N–H and O–H groups in total. The van der Waals surface area contributed by atoms with Crippen LogP contribution in [0.2, 0.25) is 0 Å². The lowest BCUT2D eigenvalue weighted by Crippen LogP contribution is -2.71. The van der Waals surface area contributed by atoms with Crippen LogP contribution in [-0.4, -0.2) is 29.9 Å². The summed E-state index contributed by atoms with van der Waals surface area (Å²) in [7, 11) is 0. The monoisotopic (exact) mass is 524 g/mol.